The maximum atomic E-state index is 9.29. The van der Waals surface area contributed by atoms with Crippen LogP contribution in [0, 0.1) is 12.8 Å². The van der Waals surface area contributed by atoms with Crippen LogP contribution >= 0.6 is 0 Å². The highest BCUT2D eigenvalue weighted by Gasteiger charge is 2.10. The van der Waals surface area contributed by atoms with Gasteiger partial charge in [-0.3, -0.25) is 0 Å². The molecule has 0 heterocycles. The summed E-state index contributed by atoms with van der Waals surface area (Å²) in [5, 5.41) is 9.29. The lowest BCUT2D eigenvalue weighted by atomic mass is 9.90. The zero-order chi connectivity index (χ0) is 13.8. The van der Waals surface area contributed by atoms with E-state index in [1.165, 1.54) is 22.3 Å². The van der Waals surface area contributed by atoms with Gasteiger partial charge in [-0.2, -0.15) is 0 Å². The van der Waals surface area contributed by atoms with Crippen LogP contribution in [0.3, 0.4) is 0 Å². The molecule has 0 aliphatic heterocycles. The summed E-state index contributed by atoms with van der Waals surface area (Å²) < 4.78 is 0. The smallest absolute Gasteiger partial charge is 0.0682 e. The van der Waals surface area contributed by atoms with Crippen LogP contribution in [0.25, 0.3) is 11.1 Å². The second-order valence-corrected chi connectivity index (χ2v) is 5.57. The quantitative estimate of drug-likeness (QED) is 0.860. The van der Waals surface area contributed by atoms with Crippen molar-refractivity contribution in [1.82, 2.24) is 0 Å². The molecular weight excluding hydrogens is 232 g/mol. The van der Waals surface area contributed by atoms with Gasteiger partial charge in [0.15, 0.2) is 0 Å². The Bertz CT molecular complexity index is 555. The lowest BCUT2D eigenvalue weighted by Gasteiger charge is -2.15. The first-order chi connectivity index (χ1) is 9.11. The van der Waals surface area contributed by atoms with E-state index in [1.54, 1.807) is 0 Å². The van der Waals surface area contributed by atoms with Gasteiger partial charge in [-0.25, -0.2) is 0 Å². The Hall–Kier alpha value is -1.60. The number of aliphatic hydroxyl groups is 1. The third kappa shape index (κ3) is 3.24. The summed E-state index contributed by atoms with van der Waals surface area (Å²) in [7, 11) is 0. The highest BCUT2D eigenvalue weighted by Crippen LogP contribution is 2.29. The Morgan fingerprint density at radius 2 is 1.79 bits per heavy atom. The molecule has 1 nitrogen and oxygen atoms in total. The van der Waals surface area contributed by atoms with Gasteiger partial charge in [0.1, 0.15) is 0 Å². The van der Waals surface area contributed by atoms with Crippen LogP contribution in [0.1, 0.15) is 30.5 Å². The fraction of sp³-hybridized carbons (Fsp3) is 0.333. The fourth-order valence-corrected chi connectivity index (χ4v) is 2.58. The van der Waals surface area contributed by atoms with E-state index < -0.39 is 0 Å². The molecule has 0 aromatic heterocycles. The summed E-state index contributed by atoms with van der Waals surface area (Å²) >= 11 is 0. The summed E-state index contributed by atoms with van der Waals surface area (Å²) in [5.41, 5.74) is 6.20. The van der Waals surface area contributed by atoms with E-state index >= 15 is 0 Å². The van der Waals surface area contributed by atoms with Gasteiger partial charge in [0.2, 0.25) is 0 Å². The van der Waals surface area contributed by atoms with Crippen molar-refractivity contribution in [2.75, 3.05) is 0 Å². The molecule has 0 atom stereocenters. The fourth-order valence-electron chi connectivity index (χ4n) is 2.58. The van der Waals surface area contributed by atoms with Gasteiger partial charge in [0.25, 0.3) is 0 Å². The highest BCUT2D eigenvalue weighted by molar-refractivity contribution is 5.71. The summed E-state index contributed by atoms with van der Waals surface area (Å²) in [6, 6.07) is 14.7. The Morgan fingerprint density at radius 1 is 1.05 bits per heavy atom. The average Bonchev–Trinajstić information content (AvgIpc) is 2.38. The number of rotatable bonds is 4. The lowest BCUT2D eigenvalue weighted by Crippen LogP contribution is -1.99. The number of hydrogen-bond acceptors (Lipinski definition) is 1. The van der Waals surface area contributed by atoms with E-state index in [0.717, 1.165) is 12.0 Å². The summed E-state index contributed by atoms with van der Waals surface area (Å²) in [6.07, 6.45) is 1.08. The van der Waals surface area contributed by atoms with Crippen LogP contribution in [-0.2, 0) is 13.0 Å². The van der Waals surface area contributed by atoms with Crippen molar-refractivity contribution in [2.45, 2.75) is 33.8 Å². The molecule has 2 rings (SSSR count). The molecule has 0 aliphatic carbocycles. The Morgan fingerprint density at radius 3 is 2.47 bits per heavy atom. The largest absolute Gasteiger partial charge is 0.392 e. The standard InChI is InChI=1S/C18H22O/c1-13(2)10-16-8-4-6-14(3)18(16)17-9-5-7-15(11-17)12-19/h4-9,11,13,19H,10,12H2,1-3H3. The second kappa shape index (κ2) is 6.03. The van der Waals surface area contributed by atoms with E-state index in [0.29, 0.717) is 5.92 Å². The Balaban J connectivity index is 2.53. The molecule has 0 spiro atoms. The van der Waals surface area contributed by atoms with Gasteiger partial charge < -0.3 is 5.11 Å². The molecule has 0 fully saturated rings. The molecule has 0 amide bonds. The zero-order valence-corrected chi connectivity index (χ0v) is 12.0. The summed E-state index contributed by atoms with van der Waals surface area (Å²) in [4.78, 5) is 0. The molecule has 2 aromatic rings. The predicted octanol–water partition coefficient (Wildman–Crippen LogP) is 4.35. The molecule has 0 bridgehead atoms. The molecule has 19 heavy (non-hydrogen) atoms. The number of aryl methyl sites for hydroxylation is 1. The first-order valence-corrected chi connectivity index (χ1v) is 6.90. The van der Waals surface area contributed by atoms with Crippen LogP contribution in [0.4, 0.5) is 0 Å². The van der Waals surface area contributed by atoms with Gasteiger partial charge in [-0.15, -0.1) is 0 Å². The van der Waals surface area contributed by atoms with Crippen molar-refractivity contribution in [3.05, 3.63) is 59.2 Å². The van der Waals surface area contributed by atoms with Crippen molar-refractivity contribution in [1.29, 1.82) is 0 Å². The normalized spacial score (nSPS) is 11.0. The minimum Gasteiger partial charge on any atom is -0.392 e. The minimum atomic E-state index is 0.0965. The molecular formula is C18H22O. The molecule has 0 aliphatic rings. The molecule has 0 unspecified atom stereocenters. The SMILES string of the molecule is Cc1cccc(CC(C)C)c1-c1cccc(CO)c1. The van der Waals surface area contributed by atoms with Crippen molar-refractivity contribution in [3.8, 4) is 11.1 Å². The summed E-state index contributed by atoms with van der Waals surface area (Å²) in [6.45, 7) is 6.75. The highest BCUT2D eigenvalue weighted by atomic mass is 16.3. The maximum absolute atomic E-state index is 9.29. The maximum Gasteiger partial charge on any atom is 0.0682 e. The number of aliphatic hydroxyl groups excluding tert-OH is 1. The van der Waals surface area contributed by atoms with Crippen LogP contribution in [-0.4, -0.2) is 5.11 Å². The van der Waals surface area contributed by atoms with Crippen LogP contribution in [0.5, 0.6) is 0 Å². The van der Waals surface area contributed by atoms with Gasteiger partial charge in [0, 0.05) is 0 Å². The first-order valence-electron chi connectivity index (χ1n) is 6.90. The predicted molar refractivity (Wildman–Crippen MR) is 81.1 cm³/mol. The number of benzene rings is 2. The van der Waals surface area contributed by atoms with Crippen molar-refractivity contribution < 1.29 is 5.11 Å². The summed E-state index contributed by atoms with van der Waals surface area (Å²) in [5.74, 6) is 0.640. The van der Waals surface area contributed by atoms with Gasteiger partial charge in [0.05, 0.1) is 6.61 Å². The van der Waals surface area contributed by atoms with Crippen LogP contribution in [0.15, 0.2) is 42.5 Å². The van der Waals surface area contributed by atoms with Gasteiger partial charge in [-0.1, -0.05) is 50.2 Å². The average molecular weight is 254 g/mol. The van der Waals surface area contributed by atoms with E-state index in [4.69, 9.17) is 0 Å². The van der Waals surface area contributed by atoms with Gasteiger partial charge >= 0.3 is 0 Å². The Kier molecular flexibility index (Phi) is 4.39. The van der Waals surface area contributed by atoms with Crippen LogP contribution < -0.4 is 0 Å². The minimum absolute atomic E-state index is 0.0965. The zero-order valence-electron chi connectivity index (χ0n) is 12.0. The third-order valence-electron chi connectivity index (χ3n) is 3.39. The topological polar surface area (TPSA) is 20.2 Å². The Labute approximate surface area is 115 Å². The second-order valence-electron chi connectivity index (χ2n) is 5.57. The third-order valence-corrected chi connectivity index (χ3v) is 3.39. The van der Waals surface area contributed by atoms with Gasteiger partial charge in [-0.05, 0) is 53.1 Å². The molecule has 0 radical (unpaired) electrons. The van der Waals surface area contributed by atoms with Crippen LogP contribution in [0.2, 0.25) is 0 Å². The van der Waals surface area contributed by atoms with E-state index in [-0.39, 0.29) is 6.61 Å². The monoisotopic (exact) mass is 254 g/mol. The number of hydrogen-bond donors (Lipinski definition) is 1. The first kappa shape index (κ1) is 13.8. The molecule has 1 heteroatoms. The van der Waals surface area contributed by atoms with E-state index in [1.807, 2.05) is 12.1 Å². The molecule has 100 valence electrons. The van der Waals surface area contributed by atoms with Crippen molar-refractivity contribution in [3.63, 3.8) is 0 Å². The van der Waals surface area contributed by atoms with E-state index in [2.05, 4.69) is 51.1 Å². The van der Waals surface area contributed by atoms with E-state index in [9.17, 15) is 5.11 Å². The van der Waals surface area contributed by atoms with Crippen molar-refractivity contribution >= 4 is 0 Å². The lowest BCUT2D eigenvalue weighted by molar-refractivity contribution is 0.282. The van der Waals surface area contributed by atoms with Crippen molar-refractivity contribution in [2.24, 2.45) is 5.92 Å². The molecule has 1 N–H and O–H groups in total. The molecule has 2 aromatic carbocycles. The molecule has 0 saturated heterocycles. The molecule has 0 saturated carbocycles.